The van der Waals surface area contributed by atoms with Crippen LogP contribution >= 0.6 is 0 Å². The van der Waals surface area contributed by atoms with E-state index in [-0.39, 0.29) is 11.3 Å². The summed E-state index contributed by atoms with van der Waals surface area (Å²) in [5, 5.41) is 2.99. The Morgan fingerprint density at radius 3 is 2.45 bits per heavy atom. The van der Waals surface area contributed by atoms with Gasteiger partial charge >= 0.3 is 0 Å². The van der Waals surface area contributed by atoms with Gasteiger partial charge in [-0.1, -0.05) is 12.2 Å². The predicted octanol–water partition coefficient (Wildman–Crippen LogP) is 5.30. The zero-order valence-corrected chi connectivity index (χ0v) is 17.6. The van der Waals surface area contributed by atoms with Gasteiger partial charge in [0.05, 0.1) is 16.9 Å². The number of Topliss-reactive ketones (excluding diaryl/α,β-unsaturated/α-hetero) is 1. The minimum absolute atomic E-state index is 0.178. The molecule has 0 radical (unpaired) electrons. The predicted molar refractivity (Wildman–Crippen MR) is 119 cm³/mol. The van der Waals surface area contributed by atoms with E-state index in [0.717, 1.165) is 17.8 Å². The summed E-state index contributed by atoms with van der Waals surface area (Å²) >= 11 is 0. The first-order valence-corrected chi connectivity index (χ1v) is 9.83. The summed E-state index contributed by atoms with van der Waals surface area (Å²) in [5.74, 6) is -2.74. The fourth-order valence-corrected chi connectivity index (χ4v) is 3.21. The number of rotatable bonds is 8. The van der Waals surface area contributed by atoms with E-state index in [0.29, 0.717) is 29.9 Å². The molecule has 3 N–H and O–H groups in total. The van der Waals surface area contributed by atoms with E-state index in [1.807, 2.05) is 18.2 Å². The van der Waals surface area contributed by atoms with Gasteiger partial charge in [-0.3, -0.25) is 9.79 Å². The Labute approximate surface area is 179 Å². The first-order chi connectivity index (χ1) is 15.0. The van der Waals surface area contributed by atoms with Gasteiger partial charge in [-0.2, -0.15) is 4.94 Å². The maximum Gasteiger partial charge on any atom is 0.199 e. The third-order valence-electron chi connectivity index (χ3n) is 4.86. The molecular weight excluding hydrogens is 402 g/mol. The minimum atomic E-state index is -1.04. The molecule has 0 saturated heterocycles. The first-order valence-electron chi connectivity index (χ1n) is 9.83. The molecule has 0 aliphatic carbocycles. The van der Waals surface area contributed by atoms with Crippen LogP contribution in [0.2, 0.25) is 0 Å². The average Bonchev–Trinajstić information content (AvgIpc) is 2.77. The van der Waals surface area contributed by atoms with Gasteiger partial charge < -0.3 is 5.32 Å². The first kappa shape index (κ1) is 22.2. The van der Waals surface area contributed by atoms with Crippen molar-refractivity contribution in [3.8, 4) is 0 Å². The van der Waals surface area contributed by atoms with E-state index < -0.39 is 23.0 Å². The lowest BCUT2D eigenvalue weighted by Gasteiger charge is -2.16. The second-order valence-electron chi connectivity index (χ2n) is 6.82. The molecule has 2 aromatic carbocycles. The SMILES string of the molecule is C/C=C(/C(=O)c1c(F)ccc(NONc2ccc(NC)cc2)c1F)C1=CCCN=C1C. The zero-order valence-electron chi connectivity index (χ0n) is 17.6. The van der Waals surface area contributed by atoms with Crippen LogP contribution in [0, 0.1) is 11.6 Å². The highest BCUT2D eigenvalue weighted by Crippen LogP contribution is 2.28. The lowest BCUT2D eigenvalue weighted by atomic mass is 9.91. The monoisotopic (exact) mass is 426 g/mol. The number of carbonyl (C=O) groups is 1. The molecule has 0 bridgehead atoms. The number of ketones is 1. The van der Waals surface area contributed by atoms with E-state index in [1.54, 1.807) is 39.1 Å². The molecule has 0 saturated carbocycles. The van der Waals surface area contributed by atoms with E-state index in [2.05, 4.69) is 21.3 Å². The molecule has 0 fully saturated rings. The number of nitrogens with zero attached hydrogens (tertiary/aromatic N) is 1. The number of hydrogen-bond donors (Lipinski definition) is 3. The Morgan fingerprint density at radius 1 is 1.10 bits per heavy atom. The quantitative estimate of drug-likeness (QED) is 0.304. The highest BCUT2D eigenvalue weighted by atomic mass is 19.1. The standard InChI is InChI=1S/C23H24F2N4O2/c1-4-17(18-6-5-13-27-14(18)2)23(30)21-19(24)11-12-20(22(21)25)29-31-28-16-9-7-15(26-3)8-10-16/h4,6-12,26,28-29H,5,13H2,1-3H3/b17-4+. The number of benzene rings is 2. The van der Waals surface area contributed by atoms with Crippen LogP contribution in [0.15, 0.2) is 64.7 Å². The highest BCUT2D eigenvalue weighted by Gasteiger charge is 2.26. The summed E-state index contributed by atoms with van der Waals surface area (Å²) in [6.45, 7) is 4.06. The van der Waals surface area contributed by atoms with Gasteiger partial charge in [0, 0.05) is 36.1 Å². The molecule has 0 unspecified atom stereocenters. The van der Waals surface area contributed by atoms with Crippen LogP contribution in [0.25, 0.3) is 0 Å². The van der Waals surface area contributed by atoms with Crippen molar-refractivity contribution in [2.24, 2.45) is 4.99 Å². The lowest BCUT2D eigenvalue weighted by molar-refractivity contribution is 0.102. The van der Waals surface area contributed by atoms with Crippen LogP contribution in [0.1, 0.15) is 30.6 Å². The van der Waals surface area contributed by atoms with Gasteiger partial charge in [0.15, 0.2) is 11.6 Å². The van der Waals surface area contributed by atoms with Crippen molar-refractivity contribution in [3.63, 3.8) is 0 Å². The summed E-state index contributed by atoms with van der Waals surface area (Å²) < 4.78 is 29.5. The second-order valence-corrected chi connectivity index (χ2v) is 6.82. The summed E-state index contributed by atoms with van der Waals surface area (Å²) in [4.78, 5) is 22.5. The van der Waals surface area contributed by atoms with Gasteiger partial charge in [-0.05, 0) is 56.7 Å². The van der Waals surface area contributed by atoms with Crippen LogP contribution in [0.3, 0.4) is 0 Å². The molecule has 0 atom stereocenters. The van der Waals surface area contributed by atoms with E-state index >= 15 is 4.39 Å². The lowest BCUT2D eigenvalue weighted by Crippen LogP contribution is -2.17. The number of allylic oxidation sites excluding steroid dienone is 3. The minimum Gasteiger partial charge on any atom is -0.388 e. The number of aliphatic imine (C=N–C) groups is 1. The Hall–Kier alpha value is -3.52. The largest absolute Gasteiger partial charge is 0.388 e. The number of hydrogen-bond acceptors (Lipinski definition) is 6. The Morgan fingerprint density at radius 2 is 1.81 bits per heavy atom. The summed E-state index contributed by atoms with van der Waals surface area (Å²) in [6, 6.07) is 9.34. The second kappa shape index (κ2) is 9.99. The zero-order chi connectivity index (χ0) is 22.4. The maximum atomic E-state index is 15.1. The third kappa shape index (κ3) is 4.97. The van der Waals surface area contributed by atoms with E-state index in [9.17, 15) is 9.18 Å². The summed E-state index contributed by atoms with van der Waals surface area (Å²) in [5.41, 5.74) is 7.15. The molecule has 0 spiro atoms. The Kier molecular flexibility index (Phi) is 7.15. The van der Waals surface area contributed by atoms with Crippen LogP contribution in [0.5, 0.6) is 0 Å². The Bertz CT molecular complexity index is 1060. The molecule has 3 rings (SSSR count). The van der Waals surface area contributed by atoms with Crippen molar-refractivity contribution in [2.45, 2.75) is 20.3 Å². The van der Waals surface area contributed by atoms with Crippen molar-refractivity contribution in [2.75, 3.05) is 29.9 Å². The summed E-state index contributed by atoms with van der Waals surface area (Å²) in [6.07, 6.45) is 4.07. The number of halogens is 2. The van der Waals surface area contributed by atoms with Crippen LogP contribution < -0.4 is 16.3 Å². The van der Waals surface area contributed by atoms with E-state index in [1.165, 1.54) is 0 Å². The third-order valence-corrected chi connectivity index (χ3v) is 4.86. The molecule has 2 aromatic rings. The van der Waals surface area contributed by atoms with Gasteiger partial charge in [-0.25, -0.2) is 19.7 Å². The topological polar surface area (TPSA) is 74.8 Å². The molecule has 31 heavy (non-hydrogen) atoms. The number of dihydropyridines is 1. The number of carbonyl (C=O) groups excluding carboxylic acids is 1. The van der Waals surface area contributed by atoms with Crippen molar-refractivity contribution >= 4 is 28.6 Å². The van der Waals surface area contributed by atoms with Crippen LogP contribution in [-0.2, 0) is 4.94 Å². The smallest absolute Gasteiger partial charge is 0.199 e. The molecule has 1 heterocycles. The van der Waals surface area contributed by atoms with Gasteiger partial charge in [0.1, 0.15) is 5.82 Å². The molecule has 0 aromatic heterocycles. The summed E-state index contributed by atoms with van der Waals surface area (Å²) in [7, 11) is 1.80. The van der Waals surface area contributed by atoms with Gasteiger partial charge in [0.25, 0.3) is 0 Å². The van der Waals surface area contributed by atoms with E-state index in [4.69, 9.17) is 4.94 Å². The van der Waals surface area contributed by atoms with Gasteiger partial charge in [-0.15, -0.1) is 0 Å². The number of nitrogens with one attached hydrogen (secondary N) is 3. The molecule has 6 nitrogen and oxygen atoms in total. The van der Waals surface area contributed by atoms with Gasteiger partial charge in [0.2, 0.25) is 0 Å². The van der Waals surface area contributed by atoms with Crippen molar-refractivity contribution in [3.05, 3.63) is 76.9 Å². The van der Waals surface area contributed by atoms with Crippen molar-refractivity contribution < 1.29 is 18.5 Å². The average molecular weight is 426 g/mol. The molecular formula is C23H24F2N4O2. The molecule has 1 aliphatic rings. The van der Waals surface area contributed by atoms with Crippen LogP contribution in [-0.4, -0.2) is 25.1 Å². The van der Waals surface area contributed by atoms with Crippen LogP contribution in [0.4, 0.5) is 25.8 Å². The highest BCUT2D eigenvalue weighted by molar-refractivity contribution is 6.20. The molecule has 0 amide bonds. The molecule has 1 aliphatic heterocycles. The fourth-order valence-electron chi connectivity index (χ4n) is 3.21. The normalized spacial score (nSPS) is 13.9. The van der Waals surface area contributed by atoms with Crippen molar-refractivity contribution in [1.82, 2.24) is 0 Å². The van der Waals surface area contributed by atoms with Crippen molar-refractivity contribution in [1.29, 1.82) is 0 Å². The Balaban J connectivity index is 1.78. The maximum absolute atomic E-state index is 15.1. The number of anilines is 3. The fraction of sp³-hybridized carbons (Fsp3) is 0.217. The molecule has 162 valence electrons. The molecule has 8 heteroatoms.